The molecule has 1 aromatic heterocycles. The molecule has 28 heavy (non-hydrogen) atoms. The van der Waals surface area contributed by atoms with Crippen LogP contribution in [0.2, 0.25) is 0 Å². The summed E-state index contributed by atoms with van der Waals surface area (Å²) in [5, 5.41) is 13.1. The number of likely N-dealkylation sites (N-methyl/N-ethyl adjacent to an activating group) is 1. The number of rotatable bonds is 7. The molecular formula is C21H21FN2O4. The van der Waals surface area contributed by atoms with Crippen LogP contribution in [0, 0.1) is 5.82 Å². The van der Waals surface area contributed by atoms with Crippen molar-refractivity contribution in [1.82, 2.24) is 10.2 Å². The van der Waals surface area contributed by atoms with Crippen LogP contribution >= 0.6 is 0 Å². The Kier molecular flexibility index (Phi) is 6.06. The average Bonchev–Trinajstić information content (AvgIpc) is 2.66. The average molecular weight is 384 g/mol. The van der Waals surface area contributed by atoms with E-state index in [2.05, 4.69) is 5.32 Å². The molecule has 3 aromatic rings. The Morgan fingerprint density at radius 2 is 1.93 bits per heavy atom. The van der Waals surface area contributed by atoms with E-state index >= 15 is 0 Å². The van der Waals surface area contributed by atoms with Crippen molar-refractivity contribution in [3.8, 4) is 5.75 Å². The molecule has 0 radical (unpaired) electrons. The fourth-order valence-electron chi connectivity index (χ4n) is 2.93. The Bertz CT molecular complexity index is 1030. The molecule has 0 aliphatic rings. The quantitative estimate of drug-likeness (QED) is 0.612. The number of fused-ring (bicyclic) bond motifs is 1. The van der Waals surface area contributed by atoms with Crippen LogP contribution in [0.3, 0.4) is 0 Å². The minimum absolute atomic E-state index is 0.0142. The summed E-state index contributed by atoms with van der Waals surface area (Å²) in [6.07, 6.45) is 0. The fraction of sp³-hybridized carbons (Fsp3) is 0.238. The third kappa shape index (κ3) is 4.95. The molecule has 3 rings (SSSR count). The minimum atomic E-state index is -0.509. The molecule has 6 nitrogen and oxygen atoms in total. The van der Waals surface area contributed by atoms with Crippen molar-refractivity contribution >= 4 is 16.9 Å². The number of benzene rings is 2. The highest BCUT2D eigenvalue weighted by Crippen LogP contribution is 2.22. The summed E-state index contributed by atoms with van der Waals surface area (Å²) < 4.78 is 18.1. The number of phenols is 1. The predicted molar refractivity (Wildman–Crippen MR) is 103 cm³/mol. The van der Waals surface area contributed by atoms with Gasteiger partial charge in [0.05, 0.1) is 6.54 Å². The lowest BCUT2D eigenvalue weighted by molar-refractivity contribution is -0.122. The summed E-state index contributed by atoms with van der Waals surface area (Å²) in [6.45, 7) is 3.37. The molecule has 7 heteroatoms. The molecule has 1 amide bonds. The number of aromatic hydroxyl groups is 1. The van der Waals surface area contributed by atoms with Crippen molar-refractivity contribution in [2.45, 2.75) is 20.0 Å². The maximum atomic E-state index is 12.9. The van der Waals surface area contributed by atoms with Gasteiger partial charge in [0.15, 0.2) is 0 Å². The summed E-state index contributed by atoms with van der Waals surface area (Å²) in [5.41, 5.74) is 1.33. The molecule has 0 fully saturated rings. The van der Waals surface area contributed by atoms with Crippen LogP contribution in [0.25, 0.3) is 11.0 Å². The molecule has 0 aliphatic heterocycles. The van der Waals surface area contributed by atoms with E-state index in [4.69, 9.17) is 4.42 Å². The number of nitrogens with one attached hydrogen (secondary N) is 1. The number of carbonyl (C=O) groups is 1. The Morgan fingerprint density at radius 3 is 2.64 bits per heavy atom. The molecule has 0 unspecified atom stereocenters. The first kappa shape index (κ1) is 19.6. The van der Waals surface area contributed by atoms with Gasteiger partial charge >= 0.3 is 5.63 Å². The highest BCUT2D eigenvalue weighted by Gasteiger charge is 2.13. The van der Waals surface area contributed by atoms with Crippen LogP contribution in [-0.4, -0.2) is 29.0 Å². The molecule has 0 aliphatic carbocycles. The van der Waals surface area contributed by atoms with Gasteiger partial charge in [-0.3, -0.25) is 9.69 Å². The van der Waals surface area contributed by atoms with Crippen LogP contribution in [0.1, 0.15) is 18.1 Å². The van der Waals surface area contributed by atoms with Gasteiger partial charge in [-0.15, -0.1) is 0 Å². The van der Waals surface area contributed by atoms with E-state index in [0.717, 1.165) is 11.1 Å². The van der Waals surface area contributed by atoms with Crippen LogP contribution in [0.5, 0.6) is 5.75 Å². The number of carbonyl (C=O) groups excluding carboxylic acids is 1. The fourth-order valence-corrected chi connectivity index (χ4v) is 2.93. The molecule has 1 heterocycles. The minimum Gasteiger partial charge on any atom is -0.508 e. The molecule has 0 atom stereocenters. The molecule has 0 bridgehead atoms. The van der Waals surface area contributed by atoms with E-state index in [-0.39, 0.29) is 24.0 Å². The molecule has 146 valence electrons. The summed E-state index contributed by atoms with van der Waals surface area (Å²) in [6, 6.07) is 12.0. The zero-order valence-corrected chi connectivity index (χ0v) is 15.4. The highest BCUT2D eigenvalue weighted by atomic mass is 19.1. The Labute approximate surface area is 161 Å². The van der Waals surface area contributed by atoms with Crippen molar-refractivity contribution in [2.24, 2.45) is 0 Å². The Hall–Kier alpha value is -3.19. The maximum absolute atomic E-state index is 12.9. The second-order valence-electron chi connectivity index (χ2n) is 6.48. The highest BCUT2D eigenvalue weighted by molar-refractivity contribution is 5.81. The number of halogens is 1. The topological polar surface area (TPSA) is 82.8 Å². The Balaban J connectivity index is 1.67. The zero-order valence-electron chi connectivity index (χ0n) is 15.4. The molecular weight excluding hydrogens is 363 g/mol. The van der Waals surface area contributed by atoms with Gasteiger partial charge in [0, 0.05) is 30.6 Å². The van der Waals surface area contributed by atoms with E-state index in [1.165, 1.54) is 30.3 Å². The van der Waals surface area contributed by atoms with Gasteiger partial charge < -0.3 is 14.8 Å². The number of phenolic OH excluding ortho intramolecular Hbond substituents is 1. The van der Waals surface area contributed by atoms with Gasteiger partial charge in [0.1, 0.15) is 17.1 Å². The van der Waals surface area contributed by atoms with Crippen molar-refractivity contribution in [3.63, 3.8) is 0 Å². The summed E-state index contributed by atoms with van der Waals surface area (Å²) in [5.74, 6) is -0.475. The van der Waals surface area contributed by atoms with Crippen LogP contribution < -0.4 is 10.9 Å². The summed E-state index contributed by atoms with van der Waals surface area (Å²) in [7, 11) is 0. The predicted octanol–water partition coefficient (Wildman–Crippen LogP) is 2.78. The largest absolute Gasteiger partial charge is 0.508 e. The van der Waals surface area contributed by atoms with E-state index in [0.29, 0.717) is 30.6 Å². The van der Waals surface area contributed by atoms with Crippen LogP contribution in [0.4, 0.5) is 4.39 Å². The molecule has 2 aromatic carbocycles. The van der Waals surface area contributed by atoms with E-state index in [1.54, 1.807) is 18.2 Å². The monoisotopic (exact) mass is 384 g/mol. The lowest BCUT2D eigenvalue weighted by atomic mass is 10.1. The van der Waals surface area contributed by atoms with E-state index in [9.17, 15) is 19.1 Å². The first-order valence-electron chi connectivity index (χ1n) is 8.94. The Morgan fingerprint density at radius 1 is 1.18 bits per heavy atom. The second kappa shape index (κ2) is 8.67. The molecule has 2 N–H and O–H groups in total. The third-order valence-corrected chi connectivity index (χ3v) is 4.43. The van der Waals surface area contributed by atoms with Gasteiger partial charge in [-0.2, -0.15) is 0 Å². The van der Waals surface area contributed by atoms with Crippen LogP contribution in [-0.2, 0) is 17.9 Å². The van der Waals surface area contributed by atoms with Gasteiger partial charge in [-0.25, -0.2) is 9.18 Å². The van der Waals surface area contributed by atoms with Gasteiger partial charge in [0.2, 0.25) is 5.91 Å². The summed E-state index contributed by atoms with van der Waals surface area (Å²) in [4.78, 5) is 26.0. The number of nitrogens with zero attached hydrogens (tertiary/aromatic N) is 1. The lowest BCUT2D eigenvalue weighted by Gasteiger charge is -2.20. The van der Waals surface area contributed by atoms with E-state index in [1.807, 2.05) is 11.8 Å². The van der Waals surface area contributed by atoms with Gasteiger partial charge in [-0.05, 0) is 41.9 Å². The van der Waals surface area contributed by atoms with Crippen molar-refractivity contribution < 1.29 is 18.7 Å². The molecule has 0 saturated carbocycles. The van der Waals surface area contributed by atoms with Crippen molar-refractivity contribution in [2.75, 3.05) is 13.1 Å². The van der Waals surface area contributed by atoms with Crippen molar-refractivity contribution in [1.29, 1.82) is 0 Å². The number of amides is 1. The first-order chi connectivity index (χ1) is 13.4. The summed E-state index contributed by atoms with van der Waals surface area (Å²) >= 11 is 0. The van der Waals surface area contributed by atoms with E-state index < -0.39 is 5.63 Å². The zero-order chi connectivity index (χ0) is 20.1. The standard InChI is InChI=1S/C21H21FN2O4/c1-2-24(13-20(26)23-11-14-3-5-16(22)6-4-14)12-15-9-21(27)28-19-10-17(25)7-8-18(15)19/h3-10,25H,2,11-13H2,1H3,(H,23,26). The smallest absolute Gasteiger partial charge is 0.336 e. The third-order valence-electron chi connectivity index (χ3n) is 4.43. The molecule has 0 spiro atoms. The van der Waals surface area contributed by atoms with Crippen LogP contribution in [0.15, 0.2) is 57.7 Å². The van der Waals surface area contributed by atoms with Gasteiger partial charge in [-0.1, -0.05) is 19.1 Å². The SMILES string of the molecule is CCN(CC(=O)NCc1ccc(F)cc1)Cc1cc(=O)oc2cc(O)ccc12. The molecule has 0 saturated heterocycles. The van der Waals surface area contributed by atoms with Crippen molar-refractivity contribution in [3.05, 3.63) is 75.9 Å². The number of hydrogen-bond acceptors (Lipinski definition) is 5. The van der Waals surface area contributed by atoms with Gasteiger partial charge in [0.25, 0.3) is 0 Å². The second-order valence-corrected chi connectivity index (χ2v) is 6.48. The normalized spacial score (nSPS) is 11.1. The lowest BCUT2D eigenvalue weighted by Crippen LogP contribution is -2.36. The maximum Gasteiger partial charge on any atom is 0.336 e. The number of hydrogen-bond donors (Lipinski definition) is 2. The first-order valence-corrected chi connectivity index (χ1v) is 8.94.